The number of benzene rings is 1. The number of hydrogen-bond donors (Lipinski definition) is 6. The minimum atomic E-state index is -4.99. The van der Waals surface area contributed by atoms with Crippen LogP contribution in [0.15, 0.2) is 30.3 Å². The van der Waals surface area contributed by atoms with Crippen LogP contribution < -0.4 is 0 Å². The molecule has 0 bridgehead atoms. The molecule has 2 fully saturated rings. The first-order valence-electron chi connectivity index (χ1n) is 9.57. The van der Waals surface area contributed by atoms with Crippen LogP contribution in [0.25, 0.3) is 0 Å². The van der Waals surface area contributed by atoms with E-state index in [0.29, 0.717) is 0 Å². The number of aliphatic hydroxyl groups is 5. The van der Waals surface area contributed by atoms with E-state index >= 15 is 0 Å². The van der Waals surface area contributed by atoms with Gasteiger partial charge in [-0.05, 0) is 0 Å². The molecule has 0 aromatic heterocycles. The van der Waals surface area contributed by atoms with Crippen molar-refractivity contribution in [1.29, 1.82) is 0 Å². The second-order valence-electron chi connectivity index (χ2n) is 7.46. The van der Waals surface area contributed by atoms with Gasteiger partial charge in [0.2, 0.25) is 0 Å². The fourth-order valence-electron chi connectivity index (χ4n) is 3.69. The van der Waals surface area contributed by atoms with Crippen LogP contribution >= 0.6 is 0 Å². The van der Waals surface area contributed by atoms with Gasteiger partial charge in [-0.15, -0.1) is 0 Å². The summed E-state index contributed by atoms with van der Waals surface area (Å²) in [5.41, 5.74) is 0.775. The Bertz CT molecular complexity index is 810. The van der Waals surface area contributed by atoms with Gasteiger partial charge < -0.3 is 0 Å². The van der Waals surface area contributed by atoms with E-state index in [1.165, 1.54) is 0 Å². The number of ether oxygens (including phenoxy) is 2. The van der Waals surface area contributed by atoms with E-state index in [1.54, 1.807) is 24.3 Å². The molecule has 2 heterocycles. The van der Waals surface area contributed by atoms with Crippen molar-refractivity contribution in [2.75, 3.05) is 6.61 Å². The minimum absolute atomic E-state index is 0.0439. The molecule has 11 nitrogen and oxygen atoms in total. The summed E-state index contributed by atoms with van der Waals surface area (Å²) < 4.78 is 47.6. The van der Waals surface area contributed by atoms with Gasteiger partial charge >= 0.3 is 184 Å². The predicted octanol–water partition coefficient (Wildman–Crippen LogP) is -1.57. The zero-order valence-electron chi connectivity index (χ0n) is 16.4. The fraction of sp³-hybridized carbons (Fsp3) is 0.667. The molecule has 0 radical (unpaired) electrons. The number of aliphatic hydroxyl groups excluding tert-OH is 5. The van der Waals surface area contributed by atoms with Gasteiger partial charge in [0.1, 0.15) is 0 Å². The molecule has 0 amide bonds. The van der Waals surface area contributed by atoms with Gasteiger partial charge in [0.05, 0.1) is 0 Å². The monoisotopic (exact) mass is 531 g/mol. The van der Waals surface area contributed by atoms with Crippen LogP contribution in [0.2, 0.25) is 15.5 Å². The molecule has 2 aliphatic heterocycles. The normalized spacial score (nSPS) is 39.0. The average Bonchev–Trinajstić information content (AvgIpc) is 2.99. The molecule has 2 saturated heterocycles. The molecule has 31 heavy (non-hydrogen) atoms. The van der Waals surface area contributed by atoms with Crippen LogP contribution in [0, 0.1) is 0 Å². The van der Waals surface area contributed by atoms with Crippen molar-refractivity contribution in [3.8, 4) is 0 Å². The van der Waals surface area contributed by atoms with Gasteiger partial charge in [-0.3, -0.25) is 0 Å². The Hall–Kier alpha value is -0.671. The summed E-state index contributed by atoms with van der Waals surface area (Å²) in [6.07, 6.45) is -9.70. The Morgan fingerprint density at radius 3 is 2.35 bits per heavy atom. The third-order valence-electron chi connectivity index (χ3n) is 5.28. The topological polar surface area (TPSA) is 183 Å². The van der Waals surface area contributed by atoms with Gasteiger partial charge in [-0.2, -0.15) is 0 Å². The van der Waals surface area contributed by atoms with Gasteiger partial charge in [-0.25, -0.2) is 0 Å². The Labute approximate surface area is 184 Å². The van der Waals surface area contributed by atoms with Crippen LogP contribution in [-0.2, 0) is 30.7 Å². The maximum absolute atomic E-state index is 11.3. The second kappa shape index (κ2) is 10.5. The Balaban J connectivity index is 1.77. The summed E-state index contributed by atoms with van der Waals surface area (Å²) in [5, 5.41) is 50.8. The van der Waals surface area contributed by atoms with Crippen LogP contribution in [0.3, 0.4) is 0 Å². The molecule has 2 aliphatic rings. The Morgan fingerprint density at radius 1 is 1.06 bits per heavy atom. The van der Waals surface area contributed by atoms with Gasteiger partial charge in [0.25, 0.3) is 0 Å². The zero-order valence-corrected chi connectivity index (χ0v) is 18.9. The molecule has 6 N–H and O–H groups in total. The first-order chi connectivity index (χ1) is 14.6. The van der Waals surface area contributed by atoms with Gasteiger partial charge in [0.15, 0.2) is 0 Å². The first kappa shape index (κ1) is 25.0. The number of hydrogen-bond acceptors (Lipinski definition) is 10. The third kappa shape index (κ3) is 6.22. The molecule has 1 aromatic rings. The fourth-order valence-corrected chi connectivity index (χ4v) is 9.97. The van der Waals surface area contributed by atoms with Crippen molar-refractivity contribution < 1.29 is 52.2 Å². The van der Waals surface area contributed by atoms with Crippen molar-refractivity contribution in [3.63, 3.8) is 0 Å². The molecule has 0 spiro atoms. The molecular formula is C18H27O11SSe+. The molecule has 9 atom stereocenters. The first-order valence-corrected chi connectivity index (χ1v) is 14.3. The van der Waals surface area contributed by atoms with Crippen LogP contribution in [-0.4, -0.2) is 102 Å². The van der Waals surface area contributed by atoms with E-state index in [1.807, 2.05) is 6.07 Å². The molecular weight excluding hydrogens is 503 g/mol. The maximum atomic E-state index is 11.3. The van der Waals surface area contributed by atoms with Crippen molar-refractivity contribution in [3.05, 3.63) is 35.9 Å². The molecule has 176 valence electrons. The van der Waals surface area contributed by atoms with E-state index < -0.39 is 72.0 Å². The van der Waals surface area contributed by atoms with Crippen molar-refractivity contribution in [2.45, 2.75) is 65.0 Å². The average molecular weight is 530 g/mol. The molecule has 13 heteroatoms. The number of rotatable bonds is 8. The summed E-state index contributed by atoms with van der Waals surface area (Å²) in [5.74, 6) is 0. The molecule has 0 aliphatic carbocycles. The van der Waals surface area contributed by atoms with E-state index in [-0.39, 0.29) is 23.9 Å². The SMILES string of the molecule is O=S(=O)(O)O[C@H]1[C@H](O)[C@@H](O)[C@H](OCc2ccccc2)O[C@@H]1C[Se+]1C[C@@H](O)[C@H](O)[C@H]1CO. The molecule has 3 rings (SSSR count). The summed E-state index contributed by atoms with van der Waals surface area (Å²) in [6.45, 7) is -0.333. The van der Waals surface area contributed by atoms with E-state index in [9.17, 15) is 34.0 Å². The molecule has 1 unspecified atom stereocenters. The van der Waals surface area contributed by atoms with Gasteiger partial charge in [-0.1, -0.05) is 0 Å². The van der Waals surface area contributed by atoms with E-state index in [2.05, 4.69) is 4.18 Å². The predicted molar refractivity (Wildman–Crippen MR) is 107 cm³/mol. The van der Waals surface area contributed by atoms with E-state index in [4.69, 9.17) is 14.0 Å². The second-order valence-corrected chi connectivity index (χ2v) is 13.4. The van der Waals surface area contributed by atoms with Crippen LogP contribution in [0.5, 0.6) is 0 Å². The standard InChI is InChI=1S/C18H26O11SSe/c19-6-13-14(21)11(20)8-31(13)9-12-17(29-30(24,25)26)15(22)16(23)18(28-12)27-7-10-4-2-1-3-5-10/h1-5,11-23H,6-9H2/p+1/t11-,12-,13-,14+,15-,16-,17-,18-,31?/m1/s1. The van der Waals surface area contributed by atoms with Crippen molar-refractivity contribution >= 4 is 24.3 Å². The summed E-state index contributed by atoms with van der Waals surface area (Å²) in [7, 11) is -4.99. The molecule has 1 aromatic carbocycles. The Kier molecular flexibility index (Phi) is 8.46. The molecule has 0 saturated carbocycles. The van der Waals surface area contributed by atoms with Crippen molar-refractivity contribution in [1.82, 2.24) is 0 Å². The summed E-state index contributed by atoms with van der Waals surface area (Å²) in [4.78, 5) is -0.585. The summed E-state index contributed by atoms with van der Waals surface area (Å²) >= 11 is -1.96. The Morgan fingerprint density at radius 2 is 1.74 bits per heavy atom. The summed E-state index contributed by atoms with van der Waals surface area (Å²) in [6, 6.07) is 8.97. The quantitative estimate of drug-likeness (QED) is 0.169. The van der Waals surface area contributed by atoms with Crippen LogP contribution in [0.1, 0.15) is 5.56 Å². The third-order valence-corrected chi connectivity index (χ3v) is 11.6. The van der Waals surface area contributed by atoms with Gasteiger partial charge in [0, 0.05) is 0 Å². The van der Waals surface area contributed by atoms with Crippen LogP contribution in [0.4, 0.5) is 0 Å². The van der Waals surface area contributed by atoms with Crippen molar-refractivity contribution in [2.24, 2.45) is 0 Å². The van der Waals surface area contributed by atoms with E-state index in [0.717, 1.165) is 5.56 Å². The zero-order chi connectivity index (χ0) is 22.8.